The number of nitrogens with zero attached hydrogens (tertiary/aromatic N) is 3. The van der Waals surface area contributed by atoms with Crippen LogP contribution >= 0.6 is 0 Å². The van der Waals surface area contributed by atoms with Gasteiger partial charge in [-0.3, -0.25) is 0 Å². The van der Waals surface area contributed by atoms with Crippen molar-refractivity contribution in [3.8, 4) is 0 Å². The highest BCUT2D eigenvalue weighted by atomic mass is 16.1. The summed E-state index contributed by atoms with van der Waals surface area (Å²) in [6.45, 7) is 10.2. The molecule has 0 unspecified atom stereocenters. The average molecular weight is 700 g/mol. The maximum Gasteiger partial charge on any atom is 0.240 e. The molecular formula is C47H45N3O3. The van der Waals surface area contributed by atoms with Crippen molar-refractivity contribution in [3.05, 3.63) is 196 Å². The van der Waals surface area contributed by atoms with E-state index in [9.17, 15) is 14.4 Å². The monoisotopic (exact) mass is 699 g/mol. The highest BCUT2D eigenvalue weighted by Crippen LogP contribution is 2.18. The molecule has 53 heavy (non-hydrogen) atoms. The van der Waals surface area contributed by atoms with E-state index >= 15 is 0 Å². The molecule has 0 amide bonds. The lowest BCUT2D eigenvalue weighted by Gasteiger charge is -2.02. The Morgan fingerprint density at radius 3 is 0.660 bits per heavy atom. The molecule has 0 fully saturated rings. The van der Waals surface area contributed by atoms with Gasteiger partial charge < -0.3 is 0 Å². The summed E-state index contributed by atoms with van der Waals surface area (Å²) in [5.41, 5.74) is 13.2. The van der Waals surface area contributed by atoms with Crippen LogP contribution in [0.3, 0.4) is 0 Å². The number of aliphatic imine (C=N–C) groups is 3. The molecule has 6 nitrogen and oxygen atoms in total. The van der Waals surface area contributed by atoms with Gasteiger partial charge in [0.1, 0.15) is 0 Å². The highest BCUT2D eigenvalue weighted by molar-refractivity contribution is 5.51. The average Bonchev–Trinajstić information content (AvgIpc) is 3.18. The number of rotatable bonds is 9. The van der Waals surface area contributed by atoms with Crippen LogP contribution in [0.25, 0.3) is 0 Å². The minimum Gasteiger partial charge on any atom is -0.211 e. The van der Waals surface area contributed by atoms with Crippen LogP contribution in [-0.4, -0.2) is 18.2 Å². The third kappa shape index (κ3) is 15.5. The van der Waals surface area contributed by atoms with Gasteiger partial charge in [-0.05, 0) is 110 Å². The predicted molar refractivity (Wildman–Crippen MR) is 216 cm³/mol. The van der Waals surface area contributed by atoms with Crippen molar-refractivity contribution in [1.82, 2.24) is 0 Å². The Balaban J connectivity index is 0.000000209. The number of isocyanates is 3. The zero-order valence-corrected chi connectivity index (χ0v) is 31.0. The first-order chi connectivity index (χ1) is 25.8. The van der Waals surface area contributed by atoms with E-state index in [1.165, 1.54) is 68.3 Å². The molecule has 0 atom stereocenters. The van der Waals surface area contributed by atoms with Crippen molar-refractivity contribution < 1.29 is 14.4 Å². The van der Waals surface area contributed by atoms with Gasteiger partial charge in [0.2, 0.25) is 18.2 Å². The number of hydrogen-bond donors (Lipinski definition) is 0. The number of benzene rings is 6. The van der Waals surface area contributed by atoms with Crippen molar-refractivity contribution in [2.24, 2.45) is 15.0 Å². The molecule has 0 spiro atoms. The summed E-state index contributed by atoms with van der Waals surface area (Å²) < 4.78 is 0. The predicted octanol–water partition coefficient (Wildman–Crippen LogP) is 11.7. The van der Waals surface area contributed by atoms with Crippen LogP contribution in [0, 0.1) is 20.8 Å². The SMILES string of the molecule is CC.Cc1ccc(Cc2ccc(N=C=O)cc2)cc1.Cc1ccc(Cc2ccc(N=C=O)cc2)cc1.Cc1ccc(Cc2ccc(N=C=O)cc2)cc1. The molecule has 6 aromatic carbocycles. The zero-order chi connectivity index (χ0) is 38.3. The molecule has 6 heteroatoms. The van der Waals surface area contributed by atoms with Crippen LogP contribution in [0.1, 0.15) is 63.9 Å². The highest BCUT2D eigenvalue weighted by Gasteiger charge is 1.99. The first kappa shape index (κ1) is 40.9. The molecule has 0 radical (unpaired) electrons. The van der Waals surface area contributed by atoms with Gasteiger partial charge in [-0.2, -0.15) is 15.0 Å². The van der Waals surface area contributed by atoms with Gasteiger partial charge in [0.05, 0.1) is 17.1 Å². The maximum atomic E-state index is 10.1. The Hall–Kier alpha value is -6.54. The molecule has 0 aliphatic carbocycles. The van der Waals surface area contributed by atoms with Gasteiger partial charge in [-0.15, -0.1) is 0 Å². The molecule has 0 bridgehead atoms. The fourth-order valence-corrected chi connectivity index (χ4v) is 5.05. The summed E-state index contributed by atoms with van der Waals surface area (Å²) in [4.78, 5) is 41.0. The smallest absolute Gasteiger partial charge is 0.211 e. The molecule has 6 rings (SSSR count). The van der Waals surface area contributed by atoms with Crippen LogP contribution in [0.15, 0.2) is 161 Å². The second-order valence-corrected chi connectivity index (χ2v) is 12.1. The van der Waals surface area contributed by atoms with Crippen LogP contribution in [0.4, 0.5) is 17.1 Å². The lowest BCUT2D eigenvalue weighted by Crippen LogP contribution is -1.87. The first-order valence-corrected chi connectivity index (χ1v) is 17.5. The fraction of sp³-hybridized carbons (Fsp3) is 0.170. The molecule has 0 aromatic heterocycles. The van der Waals surface area contributed by atoms with Crippen LogP contribution < -0.4 is 0 Å². The molecular weight excluding hydrogens is 655 g/mol. The normalized spacial score (nSPS) is 9.45. The third-order valence-corrected chi connectivity index (χ3v) is 7.92. The summed E-state index contributed by atoms with van der Waals surface area (Å²) in [7, 11) is 0. The van der Waals surface area contributed by atoms with Gasteiger partial charge in [0.15, 0.2) is 0 Å². The van der Waals surface area contributed by atoms with E-state index in [1.54, 1.807) is 0 Å². The third-order valence-electron chi connectivity index (χ3n) is 7.92. The Morgan fingerprint density at radius 2 is 0.491 bits per heavy atom. The van der Waals surface area contributed by atoms with Crippen molar-refractivity contribution in [3.63, 3.8) is 0 Å². The fourth-order valence-electron chi connectivity index (χ4n) is 5.05. The van der Waals surface area contributed by atoms with Gasteiger partial charge in [0.25, 0.3) is 0 Å². The largest absolute Gasteiger partial charge is 0.240 e. The Bertz CT molecular complexity index is 1850. The first-order valence-electron chi connectivity index (χ1n) is 17.5. The van der Waals surface area contributed by atoms with Gasteiger partial charge in [-0.1, -0.05) is 140 Å². The van der Waals surface area contributed by atoms with E-state index in [0.717, 1.165) is 19.3 Å². The molecule has 0 saturated carbocycles. The van der Waals surface area contributed by atoms with Crippen LogP contribution in [0.2, 0.25) is 0 Å². The van der Waals surface area contributed by atoms with Gasteiger partial charge >= 0.3 is 0 Å². The number of carbonyl (C=O) groups excluding carboxylic acids is 3. The van der Waals surface area contributed by atoms with Crippen LogP contribution in [-0.2, 0) is 33.6 Å². The van der Waals surface area contributed by atoms with Crippen molar-refractivity contribution >= 4 is 35.3 Å². The second-order valence-electron chi connectivity index (χ2n) is 12.1. The standard InChI is InChI=1S/3C15H13NO.C2H6/c3*1-12-2-4-13(5-3-12)10-14-6-8-15(9-7-14)16-11-17;1-2/h3*2-9H,10H2,1H3;1-2H3. The summed E-state index contributed by atoms with van der Waals surface area (Å²) in [5, 5.41) is 0. The van der Waals surface area contributed by atoms with Crippen molar-refractivity contribution in [2.75, 3.05) is 0 Å². The summed E-state index contributed by atoms with van der Waals surface area (Å²) in [6, 6.07) is 48.3. The Kier molecular flexibility index (Phi) is 17.8. The van der Waals surface area contributed by atoms with E-state index < -0.39 is 0 Å². The molecule has 0 N–H and O–H groups in total. The maximum absolute atomic E-state index is 10.1. The molecule has 0 heterocycles. The summed E-state index contributed by atoms with van der Waals surface area (Å²) >= 11 is 0. The minimum absolute atomic E-state index is 0.646. The van der Waals surface area contributed by atoms with E-state index in [2.05, 4.69) is 109 Å². The van der Waals surface area contributed by atoms with E-state index in [1.807, 2.05) is 86.6 Å². The lowest BCUT2D eigenvalue weighted by molar-refractivity contribution is 0.564. The van der Waals surface area contributed by atoms with Crippen molar-refractivity contribution in [1.29, 1.82) is 0 Å². The summed E-state index contributed by atoms with van der Waals surface area (Å²) in [6.07, 6.45) is 7.29. The Morgan fingerprint density at radius 1 is 0.321 bits per heavy atom. The molecule has 266 valence electrons. The zero-order valence-electron chi connectivity index (χ0n) is 31.0. The lowest BCUT2D eigenvalue weighted by atomic mass is 10.0. The summed E-state index contributed by atoms with van der Waals surface area (Å²) in [5.74, 6) is 0. The quantitative estimate of drug-likeness (QED) is 0.111. The molecule has 6 aromatic rings. The number of hydrogen-bond acceptors (Lipinski definition) is 6. The van der Waals surface area contributed by atoms with E-state index in [0.29, 0.717) is 17.1 Å². The van der Waals surface area contributed by atoms with Gasteiger partial charge in [-0.25, -0.2) is 14.4 Å². The number of aryl methyl sites for hydroxylation is 3. The second kappa shape index (κ2) is 23.0. The van der Waals surface area contributed by atoms with Crippen molar-refractivity contribution in [2.45, 2.75) is 53.9 Å². The molecule has 0 aliphatic rings. The minimum atomic E-state index is 0.646. The van der Waals surface area contributed by atoms with Crippen LogP contribution in [0.5, 0.6) is 0 Å². The van der Waals surface area contributed by atoms with Gasteiger partial charge in [0, 0.05) is 0 Å². The topological polar surface area (TPSA) is 88.3 Å². The Labute approximate surface area is 313 Å². The molecule has 0 saturated heterocycles. The van der Waals surface area contributed by atoms with E-state index in [-0.39, 0.29) is 0 Å². The van der Waals surface area contributed by atoms with E-state index in [4.69, 9.17) is 0 Å². The molecule has 0 aliphatic heterocycles.